The van der Waals surface area contributed by atoms with Gasteiger partial charge in [-0.2, -0.15) is 0 Å². The van der Waals surface area contributed by atoms with Crippen LogP contribution in [0.15, 0.2) is 0 Å². The van der Waals surface area contributed by atoms with Crippen LogP contribution in [0.4, 0.5) is 0 Å². The Morgan fingerprint density at radius 1 is 0.280 bits per heavy atom. The second-order valence-electron chi connectivity index (χ2n) is 5.48. The molecule has 0 amide bonds. The summed E-state index contributed by atoms with van der Waals surface area (Å²) >= 11 is 0. The Kier molecular flexibility index (Phi) is 15.3. The van der Waals surface area contributed by atoms with E-state index < -0.39 is 73.8 Å². The van der Waals surface area contributed by atoms with Gasteiger partial charge in [0.1, 0.15) is 0 Å². The largest absolute Gasteiger partial charge is 0.436 e. The maximum Gasteiger partial charge on any atom is 0.362 e. The molecule has 0 aromatic rings. The van der Waals surface area contributed by atoms with Crippen molar-refractivity contribution in [2.24, 2.45) is 0 Å². The van der Waals surface area contributed by atoms with Gasteiger partial charge in [0.2, 0.25) is 0 Å². The van der Waals surface area contributed by atoms with Crippen molar-refractivity contribution in [3.8, 4) is 0 Å². The quantitative estimate of drug-likeness (QED) is 0.349. The van der Waals surface area contributed by atoms with Gasteiger partial charge in [-0.25, -0.2) is 0 Å². The van der Waals surface area contributed by atoms with Gasteiger partial charge in [0.15, 0.2) is 18.1 Å². The highest BCUT2D eigenvalue weighted by Gasteiger charge is 2.27. The van der Waals surface area contributed by atoms with Crippen LogP contribution < -0.4 is 0 Å². The van der Waals surface area contributed by atoms with Gasteiger partial charge >= 0.3 is 55.7 Å². The first-order valence-electron chi connectivity index (χ1n) is 7.86. The fourth-order valence-corrected chi connectivity index (χ4v) is 17.7. The van der Waals surface area contributed by atoms with Crippen LogP contribution >= 0.6 is 0 Å². The third kappa shape index (κ3) is 16.1. The Balaban J connectivity index is 4.05. The predicted octanol–water partition coefficient (Wildman–Crippen LogP) is 2.31. The average molecular weight is 487 g/mol. The van der Waals surface area contributed by atoms with Crippen LogP contribution in [0.5, 0.6) is 0 Å². The van der Waals surface area contributed by atoms with E-state index in [1.54, 1.807) is 0 Å². The van der Waals surface area contributed by atoms with Crippen molar-refractivity contribution in [3.63, 3.8) is 0 Å². The second kappa shape index (κ2) is 14.5. The summed E-state index contributed by atoms with van der Waals surface area (Å²) in [4.78, 5) is 0. The molecule has 0 aliphatic rings. The molecular weight excluding hydrogens is 457 g/mol. The van der Waals surface area contributed by atoms with Gasteiger partial charge in [0, 0.05) is 0 Å². The van der Waals surface area contributed by atoms with E-state index in [1.165, 1.54) is 0 Å². The summed E-state index contributed by atoms with van der Waals surface area (Å²) in [6.45, 7) is 20.4. The molecule has 8 radical (unpaired) electrons. The SMILES string of the molecule is C[Si](C)O[Si](C)O[Si](C)O[Si](C)O[Si](C)O[Si](C)O[Si](C)O[Si](C)C. The molecule has 0 fully saturated rings. The third-order valence-corrected chi connectivity index (χ3v) is 19.2. The summed E-state index contributed by atoms with van der Waals surface area (Å²) in [5, 5.41) is 0. The lowest BCUT2D eigenvalue weighted by molar-refractivity contribution is 0.320. The third-order valence-electron chi connectivity index (χ3n) is 2.13. The smallest absolute Gasteiger partial charge is 0.362 e. The zero-order valence-electron chi connectivity index (χ0n) is 16.9. The van der Waals surface area contributed by atoms with Crippen LogP contribution in [0.3, 0.4) is 0 Å². The minimum atomic E-state index is -1.40. The molecule has 0 aliphatic heterocycles. The van der Waals surface area contributed by atoms with Gasteiger partial charge in [0.05, 0.1) is 0 Å². The van der Waals surface area contributed by atoms with Crippen LogP contribution in [0.25, 0.3) is 0 Å². The number of rotatable bonds is 14. The summed E-state index contributed by atoms with van der Waals surface area (Å²) in [5.74, 6) is 0. The molecule has 0 saturated heterocycles. The molecule has 0 saturated carbocycles. The van der Waals surface area contributed by atoms with Crippen molar-refractivity contribution in [3.05, 3.63) is 0 Å². The molecule has 0 atom stereocenters. The molecule has 0 aliphatic carbocycles. The van der Waals surface area contributed by atoms with Crippen LogP contribution in [-0.2, 0) is 28.8 Å². The monoisotopic (exact) mass is 486 g/mol. The molecule has 0 bridgehead atoms. The zero-order chi connectivity index (χ0) is 19.6. The van der Waals surface area contributed by atoms with E-state index in [9.17, 15) is 0 Å². The Morgan fingerprint density at radius 2 is 0.440 bits per heavy atom. The molecule has 0 rings (SSSR count). The first-order valence-corrected chi connectivity index (χ1v) is 23.6. The Labute approximate surface area is 167 Å². The number of hydrogen-bond acceptors (Lipinski definition) is 7. The molecule has 7 nitrogen and oxygen atoms in total. The fraction of sp³-hybridized carbons (Fsp3) is 1.00. The topological polar surface area (TPSA) is 64.6 Å². The molecule has 0 aromatic carbocycles. The first-order chi connectivity index (χ1) is 11.5. The molecule has 15 heteroatoms. The highest BCUT2D eigenvalue weighted by atomic mass is 28.5. The van der Waals surface area contributed by atoms with Crippen molar-refractivity contribution in [2.75, 3.05) is 0 Å². The van der Waals surface area contributed by atoms with Gasteiger partial charge in [-0.05, 0) is 65.5 Å². The van der Waals surface area contributed by atoms with Crippen molar-refractivity contribution >= 4 is 73.8 Å². The summed E-state index contributed by atoms with van der Waals surface area (Å²) in [6.07, 6.45) is 0. The molecule has 0 N–H and O–H groups in total. The highest BCUT2D eigenvalue weighted by molar-refractivity contribution is 6.71. The fourth-order valence-electron chi connectivity index (χ4n) is 1.71. The minimum absolute atomic E-state index is 0.730. The van der Waals surface area contributed by atoms with E-state index >= 15 is 0 Å². The van der Waals surface area contributed by atoms with Crippen molar-refractivity contribution in [1.29, 1.82) is 0 Å². The molecular formula is C10H30O7Si8. The van der Waals surface area contributed by atoms with Crippen LogP contribution in [0.1, 0.15) is 0 Å². The van der Waals surface area contributed by atoms with E-state index in [2.05, 4.69) is 26.2 Å². The molecule has 0 unspecified atom stereocenters. The predicted molar refractivity (Wildman–Crippen MR) is 112 cm³/mol. The molecule has 0 heterocycles. The van der Waals surface area contributed by atoms with Crippen LogP contribution in [0, 0.1) is 0 Å². The molecule has 25 heavy (non-hydrogen) atoms. The van der Waals surface area contributed by atoms with Crippen LogP contribution in [0.2, 0.25) is 65.5 Å². The zero-order valence-corrected chi connectivity index (χ0v) is 24.9. The Hall–Kier alpha value is 1.46. The second-order valence-corrected chi connectivity index (χ2v) is 20.7. The van der Waals surface area contributed by atoms with Gasteiger partial charge < -0.3 is 28.8 Å². The lowest BCUT2D eigenvalue weighted by atomic mass is 11.9. The minimum Gasteiger partial charge on any atom is -0.436 e. The molecule has 144 valence electrons. The summed E-state index contributed by atoms with van der Waals surface area (Å²) in [5.41, 5.74) is 0. The van der Waals surface area contributed by atoms with Gasteiger partial charge in [-0.15, -0.1) is 0 Å². The molecule has 0 aromatic heterocycles. The summed E-state index contributed by atoms with van der Waals surface area (Å²) in [7, 11) is -9.42. The van der Waals surface area contributed by atoms with Crippen molar-refractivity contribution in [2.45, 2.75) is 65.5 Å². The van der Waals surface area contributed by atoms with Gasteiger partial charge in [-0.3, -0.25) is 0 Å². The van der Waals surface area contributed by atoms with E-state index in [1.807, 2.05) is 39.3 Å². The van der Waals surface area contributed by atoms with Gasteiger partial charge in [0.25, 0.3) is 0 Å². The Bertz CT molecular complexity index is 312. The van der Waals surface area contributed by atoms with E-state index in [-0.39, 0.29) is 0 Å². The average Bonchev–Trinajstić information content (AvgIpc) is 2.34. The van der Waals surface area contributed by atoms with E-state index in [0.29, 0.717) is 0 Å². The van der Waals surface area contributed by atoms with E-state index in [4.69, 9.17) is 28.8 Å². The lowest BCUT2D eigenvalue weighted by Crippen LogP contribution is -2.41. The number of hydrogen-bond donors (Lipinski definition) is 0. The Morgan fingerprint density at radius 3 is 0.600 bits per heavy atom. The first kappa shape index (κ1) is 26.5. The van der Waals surface area contributed by atoms with Crippen LogP contribution in [-0.4, -0.2) is 73.8 Å². The normalized spacial score (nSPS) is 13.2. The lowest BCUT2D eigenvalue weighted by Gasteiger charge is -2.23. The maximum absolute atomic E-state index is 5.92. The van der Waals surface area contributed by atoms with Crippen molar-refractivity contribution < 1.29 is 28.8 Å². The van der Waals surface area contributed by atoms with Crippen molar-refractivity contribution in [1.82, 2.24) is 0 Å². The van der Waals surface area contributed by atoms with Gasteiger partial charge in [-0.1, -0.05) is 0 Å². The summed E-state index contributed by atoms with van der Waals surface area (Å²) in [6, 6.07) is 0. The maximum atomic E-state index is 5.92. The van der Waals surface area contributed by atoms with E-state index in [0.717, 1.165) is 0 Å². The molecule has 0 spiro atoms. The highest BCUT2D eigenvalue weighted by Crippen LogP contribution is 2.04. The standard InChI is InChI=1S/C10H30O7Si8/c1-18(2)11-20(5)13-22(7)15-24(9)17-25(10)16-23(8)14-21(6)12-19(3)4/h1-10H3. The summed E-state index contributed by atoms with van der Waals surface area (Å²) < 4.78 is 41.0.